The van der Waals surface area contributed by atoms with Gasteiger partial charge in [0.25, 0.3) is 0 Å². The van der Waals surface area contributed by atoms with Crippen LogP contribution in [0.1, 0.15) is 11.1 Å². The highest BCUT2D eigenvalue weighted by Crippen LogP contribution is 2.26. The molecule has 1 fully saturated rings. The molecule has 3 rings (SSSR count). The minimum Gasteiger partial charge on any atom is -0.493 e. The number of rotatable bonds is 3. The second kappa shape index (κ2) is 4.61. The van der Waals surface area contributed by atoms with E-state index in [1.165, 1.54) is 11.1 Å². The zero-order chi connectivity index (χ0) is 12.5. The molecule has 0 saturated carbocycles. The summed E-state index contributed by atoms with van der Waals surface area (Å²) in [5.41, 5.74) is 2.45. The largest absolute Gasteiger partial charge is 0.493 e. The smallest absolute Gasteiger partial charge is 0.228 e. The van der Waals surface area contributed by atoms with Crippen molar-refractivity contribution in [2.45, 2.75) is 13.0 Å². The monoisotopic (exact) mass is 246 g/mol. The van der Waals surface area contributed by atoms with Gasteiger partial charge < -0.3 is 15.0 Å². The Labute approximate surface area is 107 Å². The van der Waals surface area contributed by atoms with Crippen molar-refractivity contribution in [3.05, 3.63) is 29.3 Å². The van der Waals surface area contributed by atoms with Gasteiger partial charge in [0.15, 0.2) is 0 Å². The Morgan fingerprint density at radius 3 is 3.06 bits per heavy atom. The Morgan fingerprint density at radius 1 is 1.50 bits per heavy atom. The van der Waals surface area contributed by atoms with E-state index in [1.54, 1.807) is 0 Å². The van der Waals surface area contributed by atoms with E-state index in [9.17, 15) is 4.79 Å². The number of nitrogens with one attached hydrogen (secondary N) is 1. The average molecular weight is 246 g/mol. The summed E-state index contributed by atoms with van der Waals surface area (Å²) in [6.07, 6.45) is 0.980. The summed E-state index contributed by atoms with van der Waals surface area (Å²) >= 11 is 0. The van der Waals surface area contributed by atoms with Gasteiger partial charge in [-0.25, -0.2) is 0 Å². The number of hydrogen-bond acceptors (Lipinski definition) is 3. The van der Waals surface area contributed by atoms with Gasteiger partial charge in [-0.2, -0.15) is 0 Å². The van der Waals surface area contributed by atoms with Crippen LogP contribution in [0.5, 0.6) is 5.75 Å². The molecule has 0 atom stereocenters. The Balaban J connectivity index is 1.66. The SMILES string of the molecule is CN(Cc1ccc2c(c1)CCO2)C(=O)C1CNC1. The van der Waals surface area contributed by atoms with Gasteiger partial charge in [-0.05, 0) is 17.2 Å². The molecule has 0 spiro atoms. The van der Waals surface area contributed by atoms with Crippen LogP contribution in [-0.4, -0.2) is 37.6 Å². The Hall–Kier alpha value is -1.55. The molecule has 2 heterocycles. The lowest BCUT2D eigenvalue weighted by Crippen LogP contribution is -2.50. The lowest BCUT2D eigenvalue weighted by Gasteiger charge is -2.30. The third-order valence-corrected chi connectivity index (χ3v) is 3.68. The lowest BCUT2D eigenvalue weighted by atomic mass is 10.0. The maximum absolute atomic E-state index is 12.0. The fourth-order valence-corrected chi connectivity index (χ4v) is 2.47. The molecule has 18 heavy (non-hydrogen) atoms. The van der Waals surface area contributed by atoms with E-state index in [1.807, 2.05) is 24.1 Å². The van der Waals surface area contributed by atoms with Gasteiger partial charge in [0.1, 0.15) is 5.75 Å². The van der Waals surface area contributed by atoms with Crippen LogP contribution in [-0.2, 0) is 17.8 Å². The topological polar surface area (TPSA) is 41.6 Å². The number of benzene rings is 1. The molecule has 96 valence electrons. The first-order chi connectivity index (χ1) is 8.74. The van der Waals surface area contributed by atoms with E-state index >= 15 is 0 Å². The molecule has 1 saturated heterocycles. The van der Waals surface area contributed by atoms with Crippen LogP contribution in [0.4, 0.5) is 0 Å². The zero-order valence-electron chi connectivity index (χ0n) is 10.6. The normalized spacial score (nSPS) is 17.8. The highest BCUT2D eigenvalue weighted by molar-refractivity contribution is 5.80. The van der Waals surface area contributed by atoms with Crippen molar-refractivity contribution in [3.8, 4) is 5.75 Å². The molecule has 0 bridgehead atoms. The minimum atomic E-state index is 0.174. The number of fused-ring (bicyclic) bond motifs is 1. The number of ether oxygens (including phenoxy) is 1. The van der Waals surface area contributed by atoms with Crippen LogP contribution in [0.3, 0.4) is 0 Å². The Kier molecular flexibility index (Phi) is 2.96. The van der Waals surface area contributed by atoms with E-state index in [-0.39, 0.29) is 11.8 Å². The van der Waals surface area contributed by atoms with Crippen molar-refractivity contribution in [1.82, 2.24) is 10.2 Å². The number of amides is 1. The molecule has 4 heteroatoms. The third-order valence-electron chi connectivity index (χ3n) is 3.68. The van der Waals surface area contributed by atoms with Crippen molar-refractivity contribution in [2.75, 3.05) is 26.7 Å². The summed E-state index contributed by atoms with van der Waals surface area (Å²) in [5, 5.41) is 3.13. The van der Waals surface area contributed by atoms with Crippen LogP contribution in [0.25, 0.3) is 0 Å². The van der Waals surface area contributed by atoms with Gasteiger partial charge in [0.2, 0.25) is 5.91 Å². The quantitative estimate of drug-likeness (QED) is 0.857. The van der Waals surface area contributed by atoms with Crippen LogP contribution < -0.4 is 10.1 Å². The van der Waals surface area contributed by atoms with Crippen molar-refractivity contribution >= 4 is 5.91 Å². The highest BCUT2D eigenvalue weighted by atomic mass is 16.5. The highest BCUT2D eigenvalue weighted by Gasteiger charge is 2.27. The molecular weight excluding hydrogens is 228 g/mol. The molecule has 1 amide bonds. The molecule has 1 aromatic carbocycles. The molecule has 1 aromatic rings. The van der Waals surface area contributed by atoms with Crippen LogP contribution in [0.15, 0.2) is 18.2 Å². The maximum Gasteiger partial charge on any atom is 0.228 e. The molecular formula is C14H18N2O2. The number of carbonyl (C=O) groups is 1. The third kappa shape index (κ3) is 2.08. The van der Waals surface area contributed by atoms with Crippen LogP contribution in [0.2, 0.25) is 0 Å². The Morgan fingerprint density at radius 2 is 2.33 bits per heavy atom. The first kappa shape index (κ1) is 11.5. The predicted octanol–water partition coefficient (Wildman–Crippen LogP) is 0.799. The molecule has 0 aromatic heterocycles. The van der Waals surface area contributed by atoms with Crippen molar-refractivity contribution in [1.29, 1.82) is 0 Å². The molecule has 1 N–H and O–H groups in total. The molecule has 4 nitrogen and oxygen atoms in total. The Bertz CT molecular complexity index is 469. The van der Waals surface area contributed by atoms with Gasteiger partial charge in [0.05, 0.1) is 12.5 Å². The number of nitrogens with zero attached hydrogens (tertiary/aromatic N) is 1. The first-order valence-corrected chi connectivity index (χ1v) is 6.44. The van der Waals surface area contributed by atoms with Gasteiger partial charge >= 0.3 is 0 Å². The number of carbonyl (C=O) groups excluding carboxylic acids is 1. The summed E-state index contributed by atoms with van der Waals surface area (Å²) in [6, 6.07) is 6.22. The predicted molar refractivity (Wildman–Crippen MR) is 68.5 cm³/mol. The fraction of sp³-hybridized carbons (Fsp3) is 0.500. The summed E-state index contributed by atoms with van der Waals surface area (Å²) in [5.74, 6) is 1.41. The standard InChI is InChI=1S/C14H18N2O2/c1-16(14(17)12-7-15-8-12)9-10-2-3-13-11(6-10)4-5-18-13/h2-3,6,12,15H,4-5,7-9H2,1H3. The molecule has 0 radical (unpaired) electrons. The summed E-state index contributed by atoms with van der Waals surface area (Å²) in [6.45, 7) is 3.10. The fourth-order valence-electron chi connectivity index (χ4n) is 2.47. The van der Waals surface area contributed by atoms with Crippen molar-refractivity contribution < 1.29 is 9.53 Å². The summed E-state index contributed by atoms with van der Waals surface area (Å²) in [7, 11) is 1.88. The molecule has 2 aliphatic rings. The van der Waals surface area contributed by atoms with E-state index in [0.717, 1.165) is 31.9 Å². The molecule has 0 aliphatic carbocycles. The molecule has 2 aliphatic heterocycles. The van der Waals surface area contributed by atoms with Crippen LogP contribution in [0, 0.1) is 5.92 Å². The average Bonchev–Trinajstić information content (AvgIpc) is 2.73. The van der Waals surface area contributed by atoms with Gasteiger partial charge in [-0.1, -0.05) is 12.1 Å². The van der Waals surface area contributed by atoms with E-state index in [0.29, 0.717) is 6.54 Å². The number of hydrogen-bond donors (Lipinski definition) is 1. The van der Waals surface area contributed by atoms with E-state index in [4.69, 9.17) is 4.74 Å². The van der Waals surface area contributed by atoms with Crippen molar-refractivity contribution in [3.63, 3.8) is 0 Å². The second-order valence-corrected chi connectivity index (χ2v) is 5.09. The minimum absolute atomic E-state index is 0.174. The maximum atomic E-state index is 12.0. The first-order valence-electron chi connectivity index (χ1n) is 6.44. The molecule has 0 unspecified atom stereocenters. The lowest BCUT2D eigenvalue weighted by molar-refractivity contribution is -0.136. The van der Waals surface area contributed by atoms with Crippen LogP contribution >= 0.6 is 0 Å². The second-order valence-electron chi connectivity index (χ2n) is 5.09. The van der Waals surface area contributed by atoms with Gasteiger partial charge in [-0.15, -0.1) is 0 Å². The van der Waals surface area contributed by atoms with Crippen molar-refractivity contribution in [2.24, 2.45) is 5.92 Å². The van der Waals surface area contributed by atoms with Gasteiger partial charge in [0, 0.05) is 33.1 Å². The summed E-state index contributed by atoms with van der Waals surface area (Å²) < 4.78 is 5.48. The van der Waals surface area contributed by atoms with E-state index < -0.39 is 0 Å². The zero-order valence-corrected chi connectivity index (χ0v) is 10.6. The van der Waals surface area contributed by atoms with E-state index in [2.05, 4.69) is 11.4 Å². The summed E-state index contributed by atoms with van der Waals surface area (Å²) in [4.78, 5) is 13.8. The van der Waals surface area contributed by atoms with Gasteiger partial charge in [-0.3, -0.25) is 4.79 Å².